The van der Waals surface area contributed by atoms with Crippen molar-refractivity contribution in [3.63, 3.8) is 0 Å². The Labute approximate surface area is 203 Å². The summed E-state index contributed by atoms with van der Waals surface area (Å²) in [5, 5.41) is 3.48. The highest BCUT2D eigenvalue weighted by molar-refractivity contribution is 7.82. The highest BCUT2D eigenvalue weighted by Crippen LogP contribution is 2.40. The van der Waals surface area contributed by atoms with E-state index in [1.807, 2.05) is 54.7 Å². The lowest BCUT2D eigenvalue weighted by atomic mass is 9.99. The van der Waals surface area contributed by atoms with Crippen LogP contribution in [-0.2, 0) is 25.3 Å². The van der Waals surface area contributed by atoms with Crippen LogP contribution in [0.3, 0.4) is 0 Å². The Balaban J connectivity index is 1.41. The number of morpholine rings is 1. The molecule has 0 spiro atoms. The SMILES string of the molecule is CC1C(=O)N(C)c2ccc(Nc3cccc(S(=O)N4CCOCC4)c3)cc2N1C1CCOCC1. The quantitative estimate of drug-likeness (QED) is 0.703. The largest absolute Gasteiger partial charge is 0.381 e. The summed E-state index contributed by atoms with van der Waals surface area (Å²) in [4.78, 5) is 17.7. The van der Waals surface area contributed by atoms with E-state index in [4.69, 9.17) is 9.47 Å². The van der Waals surface area contributed by atoms with Crippen molar-refractivity contribution in [3.05, 3.63) is 42.5 Å². The summed E-state index contributed by atoms with van der Waals surface area (Å²) in [5.74, 6) is 0.109. The van der Waals surface area contributed by atoms with E-state index < -0.39 is 11.0 Å². The zero-order valence-electron chi connectivity index (χ0n) is 19.7. The Morgan fingerprint density at radius 3 is 2.41 bits per heavy atom. The number of carbonyl (C=O) groups is 1. The number of anilines is 4. The van der Waals surface area contributed by atoms with Gasteiger partial charge in [0, 0.05) is 50.8 Å². The first kappa shape index (κ1) is 23.3. The molecular formula is C25H32N4O4S. The number of carbonyl (C=O) groups excluding carboxylic acids is 1. The number of rotatable bonds is 5. The van der Waals surface area contributed by atoms with E-state index in [-0.39, 0.29) is 18.0 Å². The molecule has 34 heavy (non-hydrogen) atoms. The number of nitrogens with one attached hydrogen (secondary N) is 1. The molecule has 2 saturated heterocycles. The molecule has 2 fully saturated rings. The van der Waals surface area contributed by atoms with Gasteiger partial charge in [-0.1, -0.05) is 6.07 Å². The first-order chi connectivity index (χ1) is 16.5. The normalized spacial score (nSPS) is 23.0. The van der Waals surface area contributed by atoms with E-state index in [9.17, 15) is 9.00 Å². The number of fused-ring (bicyclic) bond motifs is 1. The highest BCUT2D eigenvalue weighted by atomic mass is 32.2. The van der Waals surface area contributed by atoms with Crippen LogP contribution in [0.15, 0.2) is 47.4 Å². The van der Waals surface area contributed by atoms with E-state index in [1.165, 1.54) is 0 Å². The van der Waals surface area contributed by atoms with Crippen molar-refractivity contribution in [2.45, 2.75) is 36.7 Å². The second-order valence-electron chi connectivity index (χ2n) is 8.97. The fraction of sp³-hybridized carbons (Fsp3) is 0.480. The molecule has 2 aromatic rings. The smallest absolute Gasteiger partial charge is 0.249 e. The molecule has 3 heterocycles. The Bertz CT molecular complexity index is 1070. The Morgan fingerprint density at radius 2 is 1.65 bits per heavy atom. The summed E-state index contributed by atoms with van der Waals surface area (Å²) in [5.41, 5.74) is 3.78. The van der Waals surface area contributed by atoms with E-state index in [0.29, 0.717) is 26.3 Å². The van der Waals surface area contributed by atoms with Crippen molar-refractivity contribution < 1.29 is 18.5 Å². The molecule has 0 aromatic heterocycles. The molecule has 9 heteroatoms. The summed E-state index contributed by atoms with van der Waals surface area (Å²) in [6.07, 6.45) is 1.82. The standard InChI is InChI=1S/C25H32N4O4S/c1-18-25(30)27(2)23-7-6-20(17-24(23)29(18)21-8-12-32-13-9-21)26-19-4-3-5-22(16-19)34(31)28-10-14-33-15-11-28/h3-7,16-18,21,26H,8-15H2,1-2H3. The third-order valence-corrected chi connectivity index (χ3v) is 8.32. The number of nitrogens with zero attached hydrogens (tertiary/aromatic N) is 3. The minimum Gasteiger partial charge on any atom is -0.381 e. The van der Waals surface area contributed by atoms with Crippen LogP contribution in [-0.4, -0.2) is 73.1 Å². The van der Waals surface area contributed by atoms with Crippen molar-refractivity contribution in [1.82, 2.24) is 4.31 Å². The van der Waals surface area contributed by atoms with Gasteiger partial charge in [0.1, 0.15) is 17.0 Å². The summed E-state index contributed by atoms with van der Waals surface area (Å²) >= 11 is 0. The maximum atomic E-state index is 13.0. The number of likely N-dealkylation sites (N-methyl/N-ethyl adjacent to an activating group) is 1. The predicted molar refractivity (Wildman–Crippen MR) is 134 cm³/mol. The lowest BCUT2D eigenvalue weighted by molar-refractivity contribution is -0.119. The molecular weight excluding hydrogens is 452 g/mol. The summed E-state index contributed by atoms with van der Waals surface area (Å²) in [6.45, 7) is 5.98. The maximum Gasteiger partial charge on any atom is 0.249 e. The first-order valence-corrected chi connectivity index (χ1v) is 13.0. The molecule has 0 aliphatic carbocycles. The first-order valence-electron chi connectivity index (χ1n) is 11.9. The number of benzene rings is 2. The van der Waals surface area contributed by atoms with Crippen molar-refractivity contribution in [1.29, 1.82) is 0 Å². The van der Waals surface area contributed by atoms with Crippen LogP contribution >= 0.6 is 0 Å². The molecule has 0 saturated carbocycles. The topological polar surface area (TPSA) is 74.4 Å². The molecule has 8 nitrogen and oxygen atoms in total. The van der Waals surface area contributed by atoms with Gasteiger partial charge in [-0.2, -0.15) is 0 Å². The monoisotopic (exact) mass is 484 g/mol. The highest BCUT2D eigenvalue weighted by Gasteiger charge is 2.38. The molecule has 0 radical (unpaired) electrons. The zero-order chi connectivity index (χ0) is 23.7. The molecule has 1 N–H and O–H groups in total. The van der Waals surface area contributed by atoms with Crippen molar-refractivity contribution in [2.75, 3.05) is 61.7 Å². The van der Waals surface area contributed by atoms with Gasteiger partial charge in [-0.05, 0) is 56.2 Å². The lowest BCUT2D eigenvalue weighted by Crippen LogP contribution is -2.55. The van der Waals surface area contributed by atoms with Crippen LogP contribution in [0.1, 0.15) is 19.8 Å². The molecule has 3 aliphatic heterocycles. The Morgan fingerprint density at radius 1 is 0.941 bits per heavy atom. The van der Waals surface area contributed by atoms with Crippen LogP contribution < -0.4 is 15.1 Å². The van der Waals surface area contributed by atoms with E-state index in [1.54, 1.807) is 4.90 Å². The van der Waals surface area contributed by atoms with Crippen LogP contribution in [0.5, 0.6) is 0 Å². The number of hydrogen-bond donors (Lipinski definition) is 1. The average molecular weight is 485 g/mol. The van der Waals surface area contributed by atoms with Crippen LogP contribution in [0.2, 0.25) is 0 Å². The fourth-order valence-corrected chi connectivity index (χ4v) is 6.21. The second-order valence-corrected chi connectivity index (χ2v) is 10.5. The Hall–Kier alpha value is -2.46. The number of amides is 1. The minimum absolute atomic E-state index is 0.109. The van der Waals surface area contributed by atoms with Gasteiger partial charge in [0.05, 0.1) is 29.5 Å². The maximum absolute atomic E-state index is 13.0. The van der Waals surface area contributed by atoms with Crippen LogP contribution in [0.25, 0.3) is 0 Å². The van der Waals surface area contributed by atoms with Crippen molar-refractivity contribution in [3.8, 4) is 0 Å². The van der Waals surface area contributed by atoms with E-state index in [0.717, 1.165) is 53.7 Å². The van der Waals surface area contributed by atoms with Gasteiger partial charge in [0.25, 0.3) is 0 Å². The number of ether oxygens (including phenoxy) is 2. The molecule has 3 aliphatic rings. The third-order valence-electron chi connectivity index (χ3n) is 6.83. The number of hydrogen-bond acceptors (Lipinski definition) is 6. The predicted octanol–water partition coefficient (Wildman–Crippen LogP) is 3.14. The molecule has 2 unspecified atom stereocenters. The van der Waals surface area contributed by atoms with Crippen molar-refractivity contribution in [2.24, 2.45) is 0 Å². The van der Waals surface area contributed by atoms with Gasteiger partial charge in [0.2, 0.25) is 5.91 Å². The van der Waals surface area contributed by atoms with Gasteiger partial charge < -0.3 is 24.6 Å². The van der Waals surface area contributed by atoms with Gasteiger partial charge in [-0.15, -0.1) is 0 Å². The zero-order valence-corrected chi connectivity index (χ0v) is 20.6. The molecule has 2 atom stereocenters. The molecule has 0 bridgehead atoms. The van der Waals surface area contributed by atoms with Crippen LogP contribution in [0.4, 0.5) is 22.7 Å². The minimum atomic E-state index is -1.21. The summed E-state index contributed by atoms with van der Waals surface area (Å²) in [7, 11) is 0.630. The fourth-order valence-electron chi connectivity index (χ4n) is 5.01. The van der Waals surface area contributed by atoms with Gasteiger partial charge in [0.15, 0.2) is 0 Å². The second kappa shape index (κ2) is 10.0. The average Bonchev–Trinajstić information content (AvgIpc) is 2.88. The van der Waals surface area contributed by atoms with Crippen molar-refractivity contribution >= 4 is 39.6 Å². The molecule has 182 valence electrons. The van der Waals surface area contributed by atoms with Gasteiger partial charge >= 0.3 is 0 Å². The van der Waals surface area contributed by atoms with E-state index in [2.05, 4.69) is 16.3 Å². The lowest BCUT2D eigenvalue weighted by Gasteiger charge is -2.45. The summed E-state index contributed by atoms with van der Waals surface area (Å²) < 4.78 is 25.9. The molecule has 2 aromatic carbocycles. The summed E-state index contributed by atoms with van der Waals surface area (Å²) in [6, 6.07) is 13.9. The molecule has 1 amide bonds. The van der Waals surface area contributed by atoms with Gasteiger partial charge in [-0.25, -0.2) is 8.51 Å². The Kier molecular flexibility index (Phi) is 6.87. The van der Waals surface area contributed by atoms with E-state index >= 15 is 0 Å². The third kappa shape index (κ3) is 4.57. The van der Waals surface area contributed by atoms with Crippen LogP contribution in [0, 0.1) is 0 Å². The molecule has 5 rings (SSSR count). The van der Waals surface area contributed by atoms with Gasteiger partial charge in [-0.3, -0.25) is 4.79 Å².